The Balaban J connectivity index is 1.90. The molecule has 0 saturated carbocycles. The molecule has 3 aromatic rings. The minimum atomic E-state index is -0.336. The van der Waals surface area contributed by atoms with Crippen LogP contribution in [0.3, 0.4) is 0 Å². The smallest absolute Gasteiger partial charge is 0.288 e. The van der Waals surface area contributed by atoms with Crippen LogP contribution in [0.15, 0.2) is 29.1 Å². The fourth-order valence-electron chi connectivity index (χ4n) is 2.92. The molecule has 1 aromatic carbocycles. The number of aryl methyl sites for hydroxylation is 1. The lowest BCUT2D eigenvalue weighted by Crippen LogP contribution is -2.29. The van der Waals surface area contributed by atoms with E-state index in [1.165, 1.54) is 0 Å². The molecule has 1 aliphatic heterocycles. The van der Waals surface area contributed by atoms with Gasteiger partial charge in [-0.05, 0) is 42.0 Å². The molecule has 9 heteroatoms. The second-order valence-electron chi connectivity index (χ2n) is 5.40. The molecule has 0 unspecified atom stereocenters. The number of aromatic amines is 1. The summed E-state index contributed by atoms with van der Waals surface area (Å²) in [6, 6.07) is 7.33. The second kappa shape index (κ2) is 5.44. The maximum atomic E-state index is 12.2. The SMILES string of the molecule is CCOc1ccc([C@H]2c3c(C)n[nH]c(=O)c3Nc3nnnn32)cc1. The number of hydrogen-bond acceptors (Lipinski definition) is 7. The number of anilines is 2. The molecule has 1 atom stereocenters. The van der Waals surface area contributed by atoms with Gasteiger partial charge in [0.1, 0.15) is 17.5 Å². The van der Waals surface area contributed by atoms with Crippen LogP contribution < -0.4 is 15.6 Å². The predicted molar refractivity (Wildman–Crippen MR) is 85.5 cm³/mol. The Morgan fingerprint density at radius 1 is 1.29 bits per heavy atom. The van der Waals surface area contributed by atoms with E-state index in [1.807, 2.05) is 38.1 Å². The lowest BCUT2D eigenvalue weighted by atomic mass is 9.95. The zero-order valence-electron chi connectivity index (χ0n) is 13.1. The van der Waals surface area contributed by atoms with E-state index in [4.69, 9.17) is 4.74 Å². The molecule has 0 bridgehead atoms. The largest absolute Gasteiger partial charge is 0.494 e. The van der Waals surface area contributed by atoms with Crippen LogP contribution >= 0.6 is 0 Å². The summed E-state index contributed by atoms with van der Waals surface area (Å²) in [6.45, 7) is 4.38. The van der Waals surface area contributed by atoms with Crippen LogP contribution in [0.5, 0.6) is 5.75 Å². The van der Waals surface area contributed by atoms with Crippen LogP contribution in [0, 0.1) is 6.92 Å². The van der Waals surface area contributed by atoms with Gasteiger partial charge in [-0.1, -0.05) is 17.2 Å². The van der Waals surface area contributed by atoms with Crippen molar-refractivity contribution in [2.45, 2.75) is 19.9 Å². The highest BCUT2D eigenvalue weighted by Crippen LogP contribution is 2.37. The van der Waals surface area contributed by atoms with E-state index in [0.717, 1.165) is 16.9 Å². The van der Waals surface area contributed by atoms with E-state index >= 15 is 0 Å². The summed E-state index contributed by atoms with van der Waals surface area (Å²) in [5.41, 5.74) is 2.51. The Bertz CT molecular complexity index is 945. The molecule has 0 fully saturated rings. The number of nitrogens with one attached hydrogen (secondary N) is 2. The van der Waals surface area contributed by atoms with E-state index in [2.05, 4.69) is 31.0 Å². The number of nitrogens with zero attached hydrogens (tertiary/aromatic N) is 5. The summed E-state index contributed by atoms with van der Waals surface area (Å²) in [4.78, 5) is 12.2. The number of benzene rings is 1. The van der Waals surface area contributed by atoms with E-state index < -0.39 is 0 Å². The van der Waals surface area contributed by atoms with Crippen LogP contribution in [-0.4, -0.2) is 37.0 Å². The monoisotopic (exact) mass is 325 g/mol. The Hall–Kier alpha value is -3.23. The minimum Gasteiger partial charge on any atom is -0.494 e. The van der Waals surface area contributed by atoms with Crippen molar-refractivity contribution in [3.63, 3.8) is 0 Å². The molecule has 1 aliphatic rings. The number of rotatable bonds is 3. The number of ether oxygens (including phenoxy) is 1. The molecular formula is C15H15N7O2. The van der Waals surface area contributed by atoms with Gasteiger partial charge in [-0.3, -0.25) is 4.79 Å². The fraction of sp³-hybridized carbons (Fsp3) is 0.267. The molecule has 3 heterocycles. The average Bonchev–Trinajstić information content (AvgIpc) is 3.06. The fourth-order valence-corrected chi connectivity index (χ4v) is 2.92. The van der Waals surface area contributed by atoms with E-state index in [9.17, 15) is 4.79 Å². The standard InChI is InChI=1S/C15H15N7O2/c1-3-24-10-6-4-9(5-7-10)13-11-8(2)17-18-14(23)12(11)16-15-19-20-21-22(13)15/h4-7,13H,3H2,1-2H3,(H,18,23)(H,16,19,21)/t13-/m0/s1. The number of aromatic nitrogens is 6. The molecule has 24 heavy (non-hydrogen) atoms. The van der Waals surface area contributed by atoms with Gasteiger partial charge in [-0.2, -0.15) is 9.78 Å². The number of fused-ring (bicyclic) bond motifs is 2. The first-order valence-electron chi connectivity index (χ1n) is 7.56. The minimum absolute atomic E-state index is 0.305. The van der Waals surface area contributed by atoms with Gasteiger partial charge in [0.05, 0.1) is 12.3 Å². The van der Waals surface area contributed by atoms with Crippen molar-refractivity contribution in [1.82, 2.24) is 30.4 Å². The van der Waals surface area contributed by atoms with Gasteiger partial charge in [0.25, 0.3) is 5.56 Å². The van der Waals surface area contributed by atoms with Crippen molar-refractivity contribution in [3.05, 3.63) is 51.4 Å². The van der Waals surface area contributed by atoms with Crippen molar-refractivity contribution in [3.8, 4) is 5.75 Å². The summed E-state index contributed by atoms with van der Waals surface area (Å²) in [5, 5.41) is 21.3. The van der Waals surface area contributed by atoms with Crippen molar-refractivity contribution >= 4 is 11.6 Å². The Morgan fingerprint density at radius 2 is 2.08 bits per heavy atom. The number of H-pyrrole nitrogens is 1. The zero-order valence-corrected chi connectivity index (χ0v) is 13.1. The Morgan fingerprint density at radius 3 is 2.83 bits per heavy atom. The summed E-state index contributed by atoms with van der Waals surface area (Å²) in [6.07, 6.45) is 0. The maximum absolute atomic E-state index is 12.2. The van der Waals surface area contributed by atoms with Crippen LogP contribution in [0.1, 0.15) is 29.8 Å². The topological polar surface area (TPSA) is 111 Å². The third-order valence-electron chi connectivity index (χ3n) is 3.97. The molecule has 2 N–H and O–H groups in total. The highest BCUT2D eigenvalue weighted by molar-refractivity contribution is 5.64. The van der Waals surface area contributed by atoms with E-state index in [-0.39, 0.29) is 11.6 Å². The second-order valence-corrected chi connectivity index (χ2v) is 5.40. The first-order valence-corrected chi connectivity index (χ1v) is 7.56. The molecule has 4 rings (SSSR count). The van der Waals surface area contributed by atoms with Crippen molar-refractivity contribution in [2.75, 3.05) is 11.9 Å². The predicted octanol–water partition coefficient (Wildman–Crippen LogP) is 1.16. The maximum Gasteiger partial charge on any atom is 0.288 e. The molecule has 0 spiro atoms. The van der Waals surface area contributed by atoms with E-state index in [0.29, 0.717) is 23.9 Å². The number of tetrazole rings is 1. The lowest BCUT2D eigenvalue weighted by molar-refractivity contribution is 0.340. The van der Waals surface area contributed by atoms with Gasteiger partial charge in [0.15, 0.2) is 0 Å². The Labute approximate surface area is 136 Å². The van der Waals surface area contributed by atoms with Crippen LogP contribution in [0.25, 0.3) is 0 Å². The summed E-state index contributed by atoms with van der Waals surface area (Å²) in [7, 11) is 0. The molecular weight excluding hydrogens is 310 g/mol. The highest BCUT2D eigenvalue weighted by atomic mass is 16.5. The van der Waals surface area contributed by atoms with Crippen LogP contribution in [0.4, 0.5) is 11.6 Å². The highest BCUT2D eigenvalue weighted by Gasteiger charge is 2.32. The first kappa shape index (κ1) is 14.4. The molecule has 2 aromatic heterocycles. The van der Waals surface area contributed by atoms with Crippen molar-refractivity contribution in [2.24, 2.45) is 0 Å². The Kier molecular flexibility index (Phi) is 3.26. The third kappa shape index (κ3) is 2.13. The van der Waals surface area contributed by atoms with Crippen molar-refractivity contribution < 1.29 is 4.74 Å². The van der Waals surface area contributed by atoms with Gasteiger partial charge >= 0.3 is 0 Å². The molecule has 0 aliphatic carbocycles. The molecule has 9 nitrogen and oxygen atoms in total. The summed E-state index contributed by atoms with van der Waals surface area (Å²) >= 11 is 0. The van der Waals surface area contributed by atoms with Gasteiger partial charge in [0, 0.05) is 5.56 Å². The molecule has 0 radical (unpaired) electrons. The van der Waals surface area contributed by atoms with Crippen LogP contribution in [0.2, 0.25) is 0 Å². The van der Waals surface area contributed by atoms with Crippen LogP contribution in [-0.2, 0) is 0 Å². The van der Waals surface area contributed by atoms with Gasteiger partial charge < -0.3 is 10.1 Å². The number of hydrogen-bond donors (Lipinski definition) is 2. The quantitative estimate of drug-likeness (QED) is 0.581. The average molecular weight is 325 g/mol. The normalized spacial score (nSPS) is 15.3. The van der Waals surface area contributed by atoms with Crippen molar-refractivity contribution in [1.29, 1.82) is 0 Å². The zero-order chi connectivity index (χ0) is 16.7. The third-order valence-corrected chi connectivity index (χ3v) is 3.97. The van der Waals surface area contributed by atoms with E-state index in [1.54, 1.807) is 4.68 Å². The molecule has 0 amide bonds. The van der Waals surface area contributed by atoms with Gasteiger partial charge in [-0.15, -0.1) is 0 Å². The van der Waals surface area contributed by atoms with Gasteiger partial charge in [0.2, 0.25) is 5.95 Å². The molecule has 0 saturated heterocycles. The lowest BCUT2D eigenvalue weighted by Gasteiger charge is -2.27. The summed E-state index contributed by atoms with van der Waals surface area (Å²) in [5.74, 6) is 1.20. The van der Waals surface area contributed by atoms with Gasteiger partial charge in [-0.25, -0.2) is 5.10 Å². The molecule has 122 valence electrons. The summed E-state index contributed by atoms with van der Waals surface area (Å²) < 4.78 is 7.13. The first-order chi connectivity index (χ1) is 11.7.